The van der Waals surface area contributed by atoms with E-state index < -0.39 is 0 Å². The topological polar surface area (TPSA) is 75.7 Å². The number of nitrogens with zero attached hydrogens (tertiary/aromatic N) is 3. The van der Waals surface area contributed by atoms with Crippen molar-refractivity contribution < 1.29 is 4.74 Å². The average Bonchev–Trinajstić information content (AvgIpc) is 2.96. The van der Waals surface area contributed by atoms with Gasteiger partial charge in [-0.05, 0) is 30.2 Å². The number of para-hydroxylation sites is 1. The van der Waals surface area contributed by atoms with Gasteiger partial charge in [-0.25, -0.2) is 4.98 Å². The summed E-state index contributed by atoms with van der Waals surface area (Å²) in [6.45, 7) is 1.34. The lowest BCUT2D eigenvalue weighted by molar-refractivity contribution is 0.315. The number of hydrogen-bond donors (Lipinski definition) is 2. The Bertz CT molecular complexity index is 716. The minimum atomic E-state index is 0.178. The number of aromatic nitrogens is 4. The largest absolute Gasteiger partial charge is 0.494 e. The first-order chi connectivity index (χ1) is 10.3. The SMILES string of the molecule is Clc1nc(NCCCOc2ccccc2)c2[nH]cnc2n1. The van der Waals surface area contributed by atoms with Gasteiger partial charge in [-0.15, -0.1) is 0 Å². The molecule has 0 unspecified atom stereocenters. The van der Waals surface area contributed by atoms with Crippen molar-refractivity contribution in [2.75, 3.05) is 18.5 Å². The molecular formula is C14H14ClN5O. The second-order valence-corrected chi connectivity index (χ2v) is 4.72. The third kappa shape index (κ3) is 3.41. The normalized spacial score (nSPS) is 10.7. The summed E-state index contributed by atoms with van der Waals surface area (Å²) in [5.41, 5.74) is 1.31. The molecule has 0 saturated carbocycles. The quantitative estimate of drug-likeness (QED) is 0.541. The molecule has 108 valence electrons. The number of benzene rings is 1. The zero-order chi connectivity index (χ0) is 14.5. The van der Waals surface area contributed by atoms with E-state index in [1.54, 1.807) is 6.33 Å². The third-order valence-electron chi connectivity index (χ3n) is 2.88. The number of aromatic amines is 1. The molecule has 0 fully saturated rings. The smallest absolute Gasteiger partial charge is 0.226 e. The summed E-state index contributed by atoms with van der Waals surface area (Å²) in [6.07, 6.45) is 2.41. The summed E-state index contributed by atoms with van der Waals surface area (Å²) < 4.78 is 5.62. The summed E-state index contributed by atoms with van der Waals surface area (Å²) in [6, 6.07) is 9.73. The van der Waals surface area contributed by atoms with Crippen LogP contribution in [0.2, 0.25) is 5.28 Å². The number of rotatable bonds is 6. The van der Waals surface area contributed by atoms with Crippen LogP contribution in [0.25, 0.3) is 11.2 Å². The fraction of sp³-hybridized carbons (Fsp3) is 0.214. The Morgan fingerprint density at radius 3 is 2.90 bits per heavy atom. The van der Waals surface area contributed by atoms with Crippen molar-refractivity contribution in [1.82, 2.24) is 19.9 Å². The molecule has 0 atom stereocenters. The van der Waals surface area contributed by atoms with Gasteiger partial charge in [-0.2, -0.15) is 9.97 Å². The third-order valence-corrected chi connectivity index (χ3v) is 3.05. The van der Waals surface area contributed by atoms with Gasteiger partial charge in [0.2, 0.25) is 5.28 Å². The van der Waals surface area contributed by atoms with E-state index in [2.05, 4.69) is 25.3 Å². The van der Waals surface area contributed by atoms with Crippen LogP contribution in [0.5, 0.6) is 5.75 Å². The molecular weight excluding hydrogens is 290 g/mol. The first kappa shape index (κ1) is 13.6. The molecule has 0 radical (unpaired) electrons. The highest BCUT2D eigenvalue weighted by Gasteiger charge is 2.07. The van der Waals surface area contributed by atoms with E-state index >= 15 is 0 Å². The van der Waals surface area contributed by atoms with Crippen molar-refractivity contribution in [3.8, 4) is 5.75 Å². The summed E-state index contributed by atoms with van der Waals surface area (Å²) >= 11 is 5.86. The van der Waals surface area contributed by atoms with Crippen molar-refractivity contribution in [2.24, 2.45) is 0 Å². The fourth-order valence-electron chi connectivity index (χ4n) is 1.92. The van der Waals surface area contributed by atoms with Gasteiger partial charge in [-0.3, -0.25) is 0 Å². The highest BCUT2D eigenvalue weighted by atomic mass is 35.5. The molecule has 6 nitrogen and oxygen atoms in total. The van der Waals surface area contributed by atoms with Gasteiger partial charge in [0.05, 0.1) is 12.9 Å². The summed E-state index contributed by atoms with van der Waals surface area (Å²) in [4.78, 5) is 15.3. The molecule has 0 saturated heterocycles. The highest BCUT2D eigenvalue weighted by Crippen LogP contribution is 2.18. The maximum Gasteiger partial charge on any atom is 0.226 e. The Morgan fingerprint density at radius 1 is 1.19 bits per heavy atom. The van der Waals surface area contributed by atoms with Crippen LogP contribution in [0.4, 0.5) is 5.82 Å². The van der Waals surface area contributed by atoms with Crippen LogP contribution in [0.3, 0.4) is 0 Å². The Hall–Kier alpha value is -2.34. The lowest BCUT2D eigenvalue weighted by Crippen LogP contribution is -2.09. The van der Waals surface area contributed by atoms with Gasteiger partial charge in [0.25, 0.3) is 0 Å². The zero-order valence-electron chi connectivity index (χ0n) is 11.2. The maximum atomic E-state index is 5.86. The molecule has 0 amide bonds. The summed E-state index contributed by atoms with van der Waals surface area (Å²) in [5.74, 6) is 1.53. The number of H-pyrrole nitrogens is 1. The highest BCUT2D eigenvalue weighted by molar-refractivity contribution is 6.28. The average molecular weight is 304 g/mol. The second kappa shape index (κ2) is 6.41. The van der Waals surface area contributed by atoms with Gasteiger partial charge in [0.15, 0.2) is 11.5 Å². The van der Waals surface area contributed by atoms with E-state index in [1.165, 1.54) is 0 Å². The van der Waals surface area contributed by atoms with Crippen molar-refractivity contribution >= 4 is 28.6 Å². The second-order valence-electron chi connectivity index (χ2n) is 4.38. The minimum absolute atomic E-state index is 0.178. The van der Waals surface area contributed by atoms with Gasteiger partial charge >= 0.3 is 0 Å². The van der Waals surface area contributed by atoms with Crippen molar-refractivity contribution in [1.29, 1.82) is 0 Å². The molecule has 0 aliphatic carbocycles. The fourth-order valence-corrected chi connectivity index (χ4v) is 2.08. The molecule has 1 aromatic carbocycles. The molecule has 2 heterocycles. The van der Waals surface area contributed by atoms with E-state index in [-0.39, 0.29) is 5.28 Å². The molecule has 0 spiro atoms. The minimum Gasteiger partial charge on any atom is -0.494 e. The molecule has 0 aliphatic heterocycles. The molecule has 3 aromatic rings. The Balaban J connectivity index is 1.52. The number of ether oxygens (including phenoxy) is 1. The standard InChI is InChI=1S/C14H14ClN5O/c15-14-19-12(11-13(20-14)18-9-17-11)16-7-4-8-21-10-5-2-1-3-6-10/h1-3,5-6,9H,4,7-8H2,(H2,16,17,18,19,20). The van der Waals surface area contributed by atoms with Crippen LogP contribution in [-0.4, -0.2) is 33.1 Å². The van der Waals surface area contributed by atoms with E-state index in [4.69, 9.17) is 16.3 Å². The lowest BCUT2D eigenvalue weighted by atomic mass is 10.3. The van der Waals surface area contributed by atoms with Crippen LogP contribution in [0.1, 0.15) is 6.42 Å². The lowest BCUT2D eigenvalue weighted by Gasteiger charge is -2.08. The molecule has 7 heteroatoms. The van der Waals surface area contributed by atoms with Crippen LogP contribution in [0.15, 0.2) is 36.7 Å². The summed E-state index contributed by atoms with van der Waals surface area (Å²) in [5, 5.41) is 3.39. The first-order valence-corrected chi connectivity index (χ1v) is 6.99. The maximum absolute atomic E-state index is 5.86. The monoisotopic (exact) mass is 303 g/mol. The number of nitrogens with one attached hydrogen (secondary N) is 2. The van der Waals surface area contributed by atoms with Crippen LogP contribution in [-0.2, 0) is 0 Å². The van der Waals surface area contributed by atoms with Gasteiger partial charge in [-0.1, -0.05) is 18.2 Å². The molecule has 0 aliphatic rings. The predicted molar refractivity (Wildman–Crippen MR) is 81.7 cm³/mol. The Labute approximate surface area is 126 Å². The van der Waals surface area contributed by atoms with Crippen LogP contribution < -0.4 is 10.1 Å². The van der Waals surface area contributed by atoms with Crippen molar-refractivity contribution in [3.05, 3.63) is 41.9 Å². The zero-order valence-corrected chi connectivity index (χ0v) is 12.0. The number of hydrogen-bond acceptors (Lipinski definition) is 5. The van der Waals surface area contributed by atoms with Gasteiger partial charge < -0.3 is 15.0 Å². The van der Waals surface area contributed by atoms with Crippen LogP contribution >= 0.6 is 11.6 Å². The van der Waals surface area contributed by atoms with E-state index in [0.717, 1.165) is 17.7 Å². The van der Waals surface area contributed by atoms with Crippen LogP contribution in [0, 0.1) is 0 Å². The Kier molecular flexibility index (Phi) is 4.16. The molecule has 3 rings (SSSR count). The summed E-state index contributed by atoms with van der Waals surface area (Å²) in [7, 11) is 0. The van der Waals surface area contributed by atoms with Crippen molar-refractivity contribution in [3.63, 3.8) is 0 Å². The number of halogens is 1. The van der Waals surface area contributed by atoms with Gasteiger partial charge in [0.1, 0.15) is 11.3 Å². The number of anilines is 1. The molecule has 2 aromatic heterocycles. The number of fused-ring (bicyclic) bond motifs is 1. The predicted octanol–water partition coefficient (Wildman–Crippen LogP) is 2.89. The molecule has 0 bridgehead atoms. The van der Waals surface area contributed by atoms with E-state index in [0.29, 0.717) is 24.6 Å². The van der Waals surface area contributed by atoms with Crippen molar-refractivity contribution in [2.45, 2.75) is 6.42 Å². The van der Waals surface area contributed by atoms with Gasteiger partial charge in [0, 0.05) is 6.54 Å². The first-order valence-electron chi connectivity index (χ1n) is 6.61. The number of imidazole rings is 1. The Morgan fingerprint density at radius 2 is 2.05 bits per heavy atom. The molecule has 21 heavy (non-hydrogen) atoms. The van der Waals surface area contributed by atoms with E-state index in [1.807, 2.05) is 30.3 Å². The van der Waals surface area contributed by atoms with E-state index in [9.17, 15) is 0 Å². The molecule has 2 N–H and O–H groups in total.